The predicted molar refractivity (Wildman–Crippen MR) is 80.5 cm³/mol. The topological polar surface area (TPSA) is 38.3 Å². The largest absolute Gasteiger partial charge is 0.468 e. The van der Waals surface area contributed by atoms with Crippen molar-refractivity contribution in [3.63, 3.8) is 0 Å². The molecule has 2 fully saturated rings. The van der Waals surface area contributed by atoms with E-state index in [1.807, 2.05) is 0 Å². The number of rotatable bonds is 7. The van der Waals surface area contributed by atoms with Gasteiger partial charge in [0.2, 0.25) is 0 Å². The molecule has 1 N–H and O–H groups in total. The maximum absolute atomic E-state index is 12.2. The molecule has 0 bridgehead atoms. The Morgan fingerprint density at radius 1 is 1.42 bits per heavy atom. The van der Waals surface area contributed by atoms with Crippen LogP contribution in [0.1, 0.15) is 58.3 Å². The average molecular weight is 285 g/mol. The highest BCUT2D eigenvalue weighted by Crippen LogP contribution is 2.38. The monoisotopic (exact) mass is 285 g/mol. The van der Waals surface area contributed by atoms with Gasteiger partial charge in [-0.25, -0.2) is 0 Å². The minimum atomic E-state index is -0.391. The lowest BCUT2D eigenvalue weighted by molar-refractivity contribution is -0.150. The molecule has 2 aliphatic rings. The standard InChI is InChI=1S/C15H27NO2S/c1-3-4-10-19-13-6-5-9-15(11-13,14(17)18-2)16-12-7-8-12/h12-13,16H,3-11H2,1-2H3. The number of carbonyl (C=O) groups is 1. The lowest BCUT2D eigenvalue weighted by Crippen LogP contribution is -2.56. The number of ether oxygens (including phenoxy) is 1. The Balaban J connectivity index is 1.94. The van der Waals surface area contributed by atoms with E-state index in [1.54, 1.807) is 0 Å². The number of carbonyl (C=O) groups excluding carboxylic acids is 1. The maximum atomic E-state index is 12.2. The Labute approximate surface area is 121 Å². The summed E-state index contributed by atoms with van der Waals surface area (Å²) >= 11 is 2.05. The summed E-state index contributed by atoms with van der Waals surface area (Å²) < 4.78 is 5.08. The van der Waals surface area contributed by atoms with Crippen molar-refractivity contribution < 1.29 is 9.53 Å². The smallest absolute Gasteiger partial charge is 0.326 e. The average Bonchev–Trinajstić information content (AvgIpc) is 3.22. The van der Waals surface area contributed by atoms with Gasteiger partial charge in [-0.15, -0.1) is 0 Å². The van der Waals surface area contributed by atoms with E-state index in [1.165, 1.54) is 45.0 Å². The number of thioether (sulfide) groups is 1. The van der Waals surface area contributed by atoms with Crippen LogP contribution in [0.25, 0.3) is 0 Å². The van der Waals surface area contributed by atoms with Crippen molar-refractivity contribution in [1.29, 1.82) is 0 Å². The molecular formula is C15H27NO2S. The Morgan fingerprint density at radius 3 is 2.84 bits per heavy atom. The second-order valence-corrected chi connectivity index (χ2v) is 7.34. The molecule has 2 rings (SSSR count). The third-order valence-electron chi connectivity index (χ3n) is 4.19. The van der Waals surface area contributed by atoms with Crippen molar-refractivity contribution in [2.45, 2.75) is 75.1 Å². The molecule has 0 aliphatic heterocycles. The molecule has 0 heterocycles. The molecule has 0 aromatic rings. The van der Waals surface area contributed by atoms with Crippen molar-refractivity contribution in [2.75, 3.05) is 12.9 Å². The van der Waals surface area contributed by atoms with E-state index in [0.717, 1.165) is 19.3 Å². The maximum Gasteiger partial charge on any atom is 0.326 e. The normalized spacial score (nSPS) is 31.2. The summed E-state index contributed by atoms with van der Waals surface area (Å²) in [4.78, 5) is 12.2. The quantitative estimate of drug-likeness (QED) is 0.576. The molecule has 3 nitrogen and oxygen atoms in total. The third kappa shape index (κ3) is 4.12. The number of hydrogen-bond acceptors (Lipinski definition) is 4. The lowest BCUT2D eigenvalue weighted by atomic mass is 9.81. The fraction of sp³-hybridized carbons (Fsp3) is 0.933. The molecule has 19 heavy (non-hydrogen) atoms. The summed E-state index contributed by atoms with van der Waals surface area (Å²) in [6.45, 7) is 2.23. The lowest BCUT2D eigenvalue weighted by Gasteiger charge is -2.39. The second kappa shape index (κ2) is 6.98. The van der Waals surface area contributed by atoms with Crippen molar-refractivity contribution >= 4 is 17.7 Å². The Kier molecular flexibility index (Phi) is 5.58. The molecule has 2 atom stereocenters. The van der Waals surface area contributed by atoms with Crippen molar-refractivity contribution in [2.24, 2.45) is 0 Å². The minimum Gasteiger partial charge on any atom is -0.468 e. The summed E-state index contributed by atoms with van der Waals surface area (Å²) in [6, 6.07) is 0.554. The number of methoxy groups -OCH3 is 1. The zero-order valence-electron chi connectivity index (χ0n) is 12.2. The van der Waals surface area contributed by atoms with Crippen LogP contribution in [0, 0.1) is 0 Å². The fourth-order valence-electron chi connectivity index (χ4n) is 2.95. The molecule has 0 saturated heterocycles. The first-order valence-electron chi connectivity index (χ1n) is 7.68. The van der Waals surface area contributed by atoms with Crippen LogP contribution in [-0.2, 0) is 9.53 Å². The van der Waals surface area contributed by atoms with Crippen molar-refractivity contribution in [3.8, 4) is 0 Å². The Bertz CT molecular complexity index is 307. The first-order valence-corrected chi connectivity index (χ1v) is 8.73. The fourth-order valence-corrected chi connectivity index (χ4v) is 4.47. The van der Waals surface area contributed by atoms with Crippen molar-refractivity contribution in [3.05, 3.63) is 0 Å². The van der Waals surface area contributed by atoms with Crippen LogP contribution in [0.15, 0.2) is 0 Å². The molecule has 0 aromatic heterocycles. The number of hydrogen-bond donors (Lipinski definition) is 1. The van der Waals surface area contributed by atoms with Crippen LogP contribution < -0.4 is 5.32 Å². The van der Waals surface area contributed by atoms with Crippen molar-refractivity contribution in [1.82, 2.24) is 5.32 Å². The van der Waals surface area contributed by atoms with E-state index in [2.05, 4.69) is 24.0 Å². The van der Waals surface area contributed by atoms with E-state index >= 15 is 0 Å². The van der Waals surface area contributed by atoms with Crippen LogP contribution >= 0.6 is 11.8 Å². The van der Waals surface area contributed by atoms with E-state index in [4.69, 9.17) is 4.74 Å². The van der Waals surface area contributed by atoms with E-state index in [0.29, 0.717) is 11.3 Å². The van der Waals surface area contributed by atoms with Gasteiger partial charge in [0.05, 0.1) is 7.11 Å². The van der Waals surface area contributed by atoms with Gasteiger partial charge in [0.15, 0.2) is 0 Å². The summed E-state index contributed by atoms with van der Waals surface area (Å²) in [6.07, 6.45) is 9.24. The van der Waals surface area contributed by atoms with Gasteiger partial charge in [0.1, 0.15) is 5.54 Å². The Hall–Kier alpha value is -0.220. The van der Waals surface area contributed by atoms with Gasteiger partial charge in [-0.1, -0.05) is 13.3 Å². The number of nitrogens with one attached hydrogen (secondary N) is 1. The molecule has 4 heteroatoms. The molecular weight excluding hydrogens is 258 g/mol. The van der Waals surface area contributed by atoms with Gasteiger partial charge in [0, 0.05) is 11.3 Å². The zero-order chi connectivity index (χ0) is 13.7. The van der Waals surface area contributed by atoms with E-state index in [9.17, 15) is 4.79 Å². The minimum absolute atomic E-state index is 0.0415. The molecule has 110 valence electrons. The Morgan fingerprint density at radius 2 is 2.21 bits per heavy atom. The highest BCUT2D eigenvalue weighted by molar-refractivity contribution is 7.99. The molecule has 2 saturated carbocycles. The molecule has 0 radical (unpaired) electrons. The van der Waals surface area contributed by atoms with Crippen LogP contribution in [0.4, 0.5) is 0 Å². The molecule has 0 amide bonds. The molecule has 0 aromatic carbocycles. The summed E-state index contributed by atoms with van der Waals surface area (Å²) in [5, 5.41) is 4.21. The van der Waals surface area contributed by atoms with Gasteiger partial charge >= 0.3 is 5.97 Å². The first kappa shape index (κ1) is 15.2. The number of esters is 1. The van der Waals surface area contributed by atoms with Crippen LogP contribution in [0.5, 0.6) is 0 Å². The second-order valence-electron chi connectivity index (χ2n) is 5.94. The van der Waals surface area contributed by atoms with Gasteiger partial charge in [0.25, 0.3) is 0 Å². The number of unbranched alkanes of at least 4 members (excludes halogenated alkanes) is 1. The molecule has 0 spiro atoms. The van der Waals surface area contributed by atoms with Gasteiger partial charge in [-0.05, 0) is 50.7 Å². The first-order chi connectivity index (χ1) is 9.20. The summed E-state index contributed by atoms with van der Waals surface area (Å²) in [7, 11) is 1.52. The summed E-state index contributed by atoms with van der Waals surface area (Å²) in [5.41, 5.74) is -0.391. The van der Waals surface area contributed by atoms with Crippen LogP contribution in [0.2, 0.25) is 0 Å². The zero-order valence-corrected chi connectivity index (χ0v) is 13.1. The highest BCUT2D eigenvalue weighted by Gasteiger charge is 2.46. The highest BCUT2D eigenvalue weighted by atomic mass is 32.2. The third-order valence-corrected chi connectivity index (χ3v) is 5.59. The van der Waals surface area contributed by atoms with Gasteiger partial charge < -0.3 is 4.74 Å². The van der Waals surface area contributed by atoms with Crippen LogP contribution in [0.3, 0.4) is 0 Å². The van der Waals surface area contributed by atoms with Gasteiger partial charge in [-0.3, -0.25) is 10.1 Å². The predicted octanol–water partition coefficient (Wildman–Crippen LogP) is 3.13. The summed E-state index contributed by atoms with van der Waals surface area (Å²) in [5.74, 6) is 1.18. The van der Waals surface area contributed by atoms with Crippen LogP contribution in [-0.4, -0.2) is 35.7 Å². The SMILES string of the molecule is CCCCSC1CCCC(NC2CC2)(C(=O)OC)C1. The van der Waals surface area contributed by atoms with E-state index < -0.39 is 5.54 Å². The van der Waals surface area contributed by atoms with E-state index in [-0.39, 0.29) is 5.97 Å². The van der Waals surface area contributed by atoms with Gasteiger partial charge in [-0.2, -0.15) is 11.8 Å². The molecule has 2 aliphatic carbocycles. The molecule has 2 unspecified atom stereocenters.